The number of aromatic nitrogens is 2. The van der Waals surface area contributed by atoms with Gasteiger partial charge in [-0.05, 0) is 6.92 Å². The van der Waals surface area contributed by atoms with Crippen LogP contribution in [-0.4, -0.2) is 22.1 Å². The summed E-state index contributed by atoms with van der Waals surface area (Å²) in [6.07, 6.45) is 0. The number of carbonyl (C=O) groups excluding carboxylic acids is 1. The third kappa shape index (κ3) is 4.77. The molecule has 0 bridgehead atoms. The van der Waals surface area contributed by atoms with Gasteiger partial charge in [0.25, 0.3) is 0 Å². The van der Waals surface area contributed by atoms with E-state index in [0.29, 0.717) is 6.54 Å². The van der Waals surface area contributed by atoms with E-state index >= 15 is 0 Å². The number of carbonyl (C=O) groups is 1. The predicted octanol–water partition coefficient (Wildman–Crippen LogP) is 2.23. The maximum absolute atomic E-state index is 11.8. The Bertz CT molecular complexity index is 573. The summed E-state index contributed by atoms with van der Waals surface area (Å²) < 4.78 is 0. The Morgan fingerprint density at radius 1 is 1.29 bits per heavy atom. The van der Waals surface area contributed by atoms with Gasteiger partial charge < -0.3 is 11.1 Å². The summed E-state index contributed by atoms with van der Waals surface area (Å²) in [7, 11) is 0. The Labute approximate surface area is 134 Å². The van der Waals surface area contributed by atoms with Gasteiger partial charge >= 0.3 is 0 Å². The largest absolute Gasteiger partial charge is 0.349 e. The summed E-state index contributed by atoms with van der Waals surface area (Å²) in [5, 5.41) is 12.7. The first kappa shape index (κ1) is 17.6. The molecule has 1 amide bonds. The summed E-state index contributed by atoms with van der Waals surface area (Å²) in [6.45, 7) is 4.03. The van der Waals surface area contributed by atoms with Gasteiger partial charge in [-0.3, -0.25) is 4.79 Å². The third-order valence-electron chi connectivity index (χ3n) is 3.10. The van der Waals surface area contributed by atoms with Crippen molar-refractivity contribution in [3.63, 3.8) is 0 Å². The van der Waals surface area contributed by atoms with Gasteiger partial charge in [-0.15, -0.1) is 22.6 Å². The van der Waals surface area contributed by atoms with Gasteiger partial charge in [0, 0.05) is 17.5 Å². The highest BCUT2D eigenvalue weighted by Crippen LogP contribution is 2.22. The highest BCUT2D eigenvalue weighted by molar-refractivity contribution is 7.14. The molecule has 7 heteroatoms. The Hall–Kier alpha value is -1.50. The summed E-state index contributed by atoms with van der Waals surface area (Å²) in [6, 6.07) is 9.69. The van der Waals surface area contributed by atoms with Crippen LogP contribution < -0.4 is 11.1 Å². The van der Waals surface area contributed by atoms with Crippen molar-refractivity contribution < 1.29 is 4.79 Å². The van der Waals surface area contributed by atoms with Crippen molar-refractivity contribution in [3.05, 3.63) is 35.3 Å². The van der Waals surface area contributed by atoms with Crippen molar-refractivity contribution in [2.24, 2.45) is 11.7 Å². The molecule has 114 valence electrons. The molecular formula is C14H19ClN4OS. The van der Waals surface area contributed by atoms with Crippen LogP contribution in [0.1, 0.15) is 18.9 Å². The normalized spacial score (nSPS) is 13.1. The van der Waals surface area contributed by atoms with E-state index in [4.69, 9.17) is 5.73 Å². The molecule has 0 saturated carbocycles. The second-order valence-corrected chi connectivity index (χ2v) is 5.79. The van der Waals surface area contributed by atoms with Crippen LogP contribution in [0.15, 0.2) is 30.3 Å². The van der Waals surface area contributed by atoms with Crippen LogP contribution in [0.2, 0.25) is 0 Å². The molecule has 1 aromatic carbocycles. The average molecular weight is 327 g/mol. The predicted molar refractivity (Wildman–Crippen MR) is 87.3 cm³/mol. The van der Waals surface area contributed by atoms with E-state index < -0.39 is 0 Å². The summed E-state index contributed by atoms with van der Waals surface area (Å²) in [5.41, 5.74) is 6.73. The third-order valence-corrected chi connectivity index (χ3v) is 4.08. The first-order valence-corrected chi connectivity index (χ1v) is 7.30. The molecule has 2 unspecified atom stereocenters. The Balaban J connectivity index is 0.00000220. The van der Waals surface area contributed by atoms with Crippen LogP contribution in [0.4, 0.5) is 0 Å². The van der Waals surface area contributed by atoms with Crippen molar-refractivity contribution >= 4 is 29.7 Å². The SMILES string of the molecule is CC(N)C(C)C(=O)NCc1nnc(-c2ccccc2)s1.Cl. The van der Waals surface area contributed by atoms with Crippen molar-refractivity contribution in [2.45, 2.75) is 26.4 Å². The number of halogens is 1. The number of nitrogens with one attached hydrogen (secondary N) is 1. The van der Waals surface area contributed by atoms with E-state index in [1.54, 1.807) is 0 Å². The van der Waals surface area contributed by atoms with Gasteiger partial charge in [-0.25, -0.2) is 0 Å². The summed E-state index contributed by atoms with van der Waals surface area (Å²) >= 11 is 1.48. The smallest absolute Gasteiger partial charge is 0.224 e. The summed E-state index contributed by atoms with van der Waals surface area (Å²) in [4.78, 5) is 11.8. The fourth-order valence-corrected chi connectivity index (χ4v) is 2.37. The van der Waals surface area contributed by atoms with E-state index in [9.17, 15) is 4.79 Å². The Morgan fingerprint density at radius 2 is 1.95 bits per heavy atom. The number of benzene rings is 1. The fourth-order valence-electron chi connectivity index (χ4n) is 1.58. The Kier molecular flexibility index (Phi) is 6.74. The molecule has 0 aliphatic rings. The topological polar surface area (TPSA) is 80.9 Å². The van der Waals surface area contributed by atoms with Gasteiger partial charge in [0.05, 0.1) is 6.54 Å². The minimum Gasteiger partial charge on any atom is -0.349 e. The van der Waals surface area contributed by atoms with Crippen LogP contribution >= 0.6 is 23.7 Å². The molecule has 2 atom stereocenters. The maximum Gasteiger partial charge on any atom is 0.224 e. The van der Waals surface area contributed by atoms with Crippen molar-refractivity contribution in [1.29, 1.82) is 0 Å². The zero-order valence-corrected chi connectivity index (χ0v) is 13.6. The zero-order valence-electron chi connectivity index (χ0n) is 11.9. The number of hydrogen-bond acceptors (Lipinski definition) is 5. The van der Waals surface area contributed by atoms with Crippen LogP contribution in [0.5, 0.6) is 0 Å². The number of nitrogens with zero attached hydrogens (tertiary/aromatic N) is 2. The molecule has 1 heterocycles. The average Bonchev–Trinajstić information content (AvgIpc) is 2.93. The highest BCUT2D eigenvalue weighted by atomic mass is 35.5. The molecule has 21 heavy (non-hydrogen) atoms. The maximum atomic E-state index is 11.8. The highest BCUT2D eigenvalue weighted by Gasteiger charge is 2.17. The zero-order chi connectivity index (χ0) is 14.5. The van der Waals surface area contributed by atoms with E-state index in [1.807, 2.05) is 44.2 Å². The second kappa shape index (κ2) is 8.07. The van der Waals surface area contributed by atoms with Crippen LogP contribution in [-0.2, 0) is 11.3 Å². The van der Waals surface area contributed by atoms with E-state index in [-0.39, 0.29) is 30.3 Å². The lowest BCUT2D eigenvalue weighted by Crippen LogP contribution is -2.38. The molecule has 0 radical (unpaired) electrons. The second-order valence-electron chi connectivity index (χ2n) is 4.73. The van der Waals surface area contributed by atoms with E-state index in [2.05, 4.69) is 15.5 Å². The number of rotatable bonds is 5. The molecule has 1 aromatic heterocycles. The van der Waals surface area contributed by atoms with Gasteiger partial charge in [0.15, 0.2) is 0 Å². The number of amides is 1. The van der Waals surface area contributed by atoms with Crippen LogP contribution in [0, 0.1) is 5.92 Å². The monoisotopic (exact) mass is 326 g/mol. The quantitative estimate of drug-likeness (QED) is 0.882. The molecule has 5 nitrogen and oxygen atoms in total. The summed E-state index contributed by atoms with van der Waals surface area (Å²) in [5.74, 6) is -0.270. The molecule has 2 rings (SSSR count). The van der Waals surface area contributed by atoms with Crippen molar-refractivity contribution in [3.8, 4) is 10.6 Å². The van der Waals surface area contributed by atoms with Crippen LogP contribution in [0.3, 0.4) is 0 Å². The minimum absolute atomic E-state index is 0. The lowest BCUT2D eigenvalue weighted by molar-refractivity contribution is -0.125. The molecule has 0 saturated heterocycles. The van der Waals surface area contributed by atoms with Gasteiger partial charge in [-0.2, -0.15) is 0 Å². The molecule has 0 aliphatic heterocycles. The van der Waals surface area contributed by atoms with Crippen LogP contribution in [0.25, 0.3) is 10.6 Å². The van der Waals surface area contributed by atoms with E-state index in [1.165, 1.54) is 11.3 Å². The molecule has 3 N–H and O–H groups in total. The molecule has 0 fully saturated rings. The van der Waals surface area contributed by atoms with Crippen molar-refractivity contribution in [1.82, 2.24) is 15.5 Å². The fraction of sp³-hybridized carbons (Fsp3) is 0.357. The van der Waals surface area contributed by atoms with E-state index in [0.717, 1.165) is 15.6 Å². The lowest BCUT2D eigenvalue weighted by Gasteiger charge is -2.14. The molecular weight excluding hydrogens is 308 g/mol. The minimum atomic E-state index is -0.212. The molecule has 0 spiro atoms. The molecule has 2 aromatic rings. The van der Waals surface area contributed by atoms with Gasteiger partial charge in [-0.1, -0.05) is 48.6 Å². The standard InChI is InChI=1S/C14H18N4OS.ClH/c1-9(10(2)15)13(19)16-8-12-17-18-14(20-12)11-6-4-3-5-7-11;/h3-7,9-10H,8,15H2,1-2H3,(H,16,19);1H. The first-order valence-electron chi connectivity index (χ1n) is 6.49. The van der Waals surface area contributed by atoms with Gasteiger partial charge in [0.1, 0.15) is 10.0 Å². The van der Waals surface area contributed by atoms with Gasteiger partial charge in [0.2, 0.25) is 5.91 Å². The lowest BCUT2D eigenvalue weighted by atomic mass is 10.0. The van der Waals surface area contributed by atoms with Crippen molar-refractivity contribution in [2.75, 3.05) is 0 Å². The Morgan fingerprint density at radius 3 is 2.57 bits per heavy atom. The number of nitrogens with two attached hydrogens (primary N) is 1. The number of hydrogen-bond donors (Lipinski definition) is 2. The molecule has 0 aliphatic carbocycles. The first-order chi connectivity index (χ1) is 9.58.